The molecule has 1 heterocycles. The third kappa shape index (κ3) is 3.18. The summed E-state index contributed by atoms with van der Waals surface area (Å²) in [5.74, 6) is -0.0937. The first kappa shape index (κ1) is 14.8. The van der Waals surface area contributed by atoms with E-state index in [0.717, 1.165) is 11.1 Å². The summed E-state index contributed by atoms with van der Waals surface area (Å²) in [6.45, 7) is 0.254. The van der Waals surface area contributed by atoms with Crippen LogP contribution in [0.3, 0.4) is 0 Å². The van der Waals surface area contributed by atoms with Crippen LogP contribution in [-0.2, 0) is 9.53 Å². The molecule has 4 heteroatoms. The highest BCUT2D eigenvalue weighted by atomic mass is 16.6. The molecule has 2 aromatic carbocycles. The summed E-state index contributed by atoms with van der Waals surface area (Å²) < 4.78 is 5.50. The van der Waals surface area contributed by atoms with Crippen molar-refractivity contribution in [1.82, 2.24) is 4.90 Å². The van der Waals surface area contributed by atoms with Crippen LogP contribution in [0.5, 0.6) is 0 Å². The van der Waals surface area contributed by atoms with E-state index in [1.807, 2.05) is 60.7 Å². The highest BCUT2D eigenvalue weighted by Gasteiger charge is 2.47. The predicted molar refractivity (Wildman–Crippen MR) is 83.1 cm³/mol. The molecular weight excluding hydrogens is 278 g/mol. The molecule has 3 rings (SSSR count). The van der Waals surface area contributed by atoms with E-state index >= 15 is 0 Å². The zero-order chi connectivity index (χ0) is 15.5. The second kappa shape index (κ2) is 6.30. The fraction of sp³-hybridized carbons (Fsp3) is 0.278. The average Bonchev–Trinajstić information content (AvgIpc) is 3.36. The Labute approximate surface area is 130 Å². The SMILES string of the molecule is CN(CC(O)c1ccccc1)C(=O)[C@H]1O[C@@H]1c1ccccc1. The molecule has 22 heavy (non-hydrogen) atoms. The number of aliphatic hydroxyl groups excluding tert-OH is 1. The Hall–Kier alpha value is -2.17. The molecule has 0 radical (unpaired) electrons. The Kier molecular flexibility index (Phi) is 4.22. The van der Waals surface area contributed by atoms with Gasteiger partial charge in [-0.1, -0.05) is 60.7 Å². The molecule has 1 fully saturated rings. The summed E-state index contributed by atoms with van der Waals surface area (Å²) in [5, 5.41) is 10.2. The Morgan fingerprint density at radius 1 is 1.14 bits per heavy atom. The van der Waals surface area contributed by atoms with Gasteiger partial charge in [-0.15, -0.1) is 0 Å². The first-order chi connectivity index (χ1) is 10.7. The molecule has 2 aromatic rings. The van der Waals surface area contributed by atoms with E-state index in [1.165, 1.54) is 4.90 Å². The van der Waals surface area contributed by atoms with Gasteiger partial charge in [-0.05, 0) is 11.1 Å². The molecule has 1 saturated heterocycles. The Bertz CT molecular complexity index is 629. The van der Waals surface area contributed by atoms with Gasteiger partial charge < -0.3 is 14.7 Å². The van der Waals surface area contributed by atoms with Gasteiger partial charge in [-0.25, -0.2) is 0 Å². The van der Waals surface area contributed by atoms with Crippen LogP contribution in [0, 0.1) is 0 Å². The van der Waals surface area contributed by atoms with E-state index in [-0.39, 0.29) is 18.6 Å². The number of aliphatic hydroxyl groups is 1. The quantitative estimate of drug-likeness (QED) is 0.862. The molecule has 0 aliphatic carbocycles. The van der Waals surface area contributed by atoms with Crippen LogP contribution in [0.2, 0.25) is 0 Å². The maximum atomic E-state index is 12.3. The average molecular weight is 297 g/mol. The van der Waals surface area contributed by atoms with Gasteiger partial charge >= 0.3 is 0 Å². The maximum Gasteiger partial charge on any atom is 0.254 e. The molecule has 0 bridgehead atoms. The van der Waals surface area contributed by atoms with Gasteiger partial charge in [0.05, 0.1) is 12.6 Å². The van der Waals surface area contributed by atoms with Gasteiger partial charge in [-0.3, -0.25) is 4.79 Å². The number of rotatable bonds is 5. The molecule has 1 N–H and O–H groups in total. The van der Waals surface area contributed by atoms with Gasteiger partial charge in [0.1, 0.15) is 6.10 Å². The van der Waals surface area contributed by atoms with Crippen LogP contribution in [-0.4, -0.2) is 35.6 Å². The number of carbonyl (C=O) groups is 1. The van der Waals surface area contributed by atoms with Crippen molar-refractivity contribution in [2.24, 2.45) is 0 Å². The number of nitrogens with zero attached hydrogens (tertiary/aromatic N) is 1. The van der Waals surface area contributed by atoms with Crippen molar-refractivity contribution in [3.05, 3.63) is 71.8 Å². The molecule has 114 valence electrons. The van der Waals surface area contributed by atoms with E-state index < -0.39 is 12.2 Å². The van der Waals surface area contributed by atoms with Gasteiger partial charge in [0, 0.05) is 7.05 Å². The lowest BCUT2D eigenvalue weighted by atomic mass is 10.1. The summed E-state index contributed by atoms with van der Waals surface area (Å²) >= 11 is 0. The topological polar surface area (TPSA) is 53.1 Å². The van der Waals surface area contributed by atoms with Crippen LogP contribution in [0.1, 0.15) is 23.3 Å². The van der Waals surface area contributed by atoms with Crippen LogP contribution < -0.4 is 0 Å². The zero-order valence-electron chi connectivity index (χ0n) is 12.4. The number of ether oxygens (including phenoxy) is 1. The van der Waals surface area contributed by atoms with Crippen molar-refractivity contribution in [1.29, 1.82) is 0 Å². The monoisotopic (exact) mass is 297 g/mol. The van der Waals surface area contributed by atoms with Crippen LogP contribution in [0.15, 0.2) is 60.7 Å². The molecule has 0 saturated carbocycles. The maximum absolute atomic E-state index is 12.3. The minimum atomic E-state index is -0.691. The van der Waals surface area contributed by atoms with E-state index in [1.54, 1.807) is 7.05 Å². The minimum absolute atomic E-state index is 0.0937. The van der Waals surface area contributed by atoms with Crippen molar-refractivity contribution in [3.63, 3.8) is 0 Å². The molecule has 1 aliphatic rings. The third-order valence-electron chi connectivity index (χ3n) is 3.87. The van der Waals surface area contributed by atoms with E-state index in [2.05, 4.69) is 0 Å². The molecule has 3 atom stereocenters. The Morgan fingerprint density at radius 2 is 1.73 bits per heavy atom. The van der Waals surface area contributed by atoms with E-state index in [0.29, 0.717) is 0 Å². The minimum Gasteiger partial charge on any atom is -0.387 e. The van der Waals surface area contributed by atoms with Crippen molar-refractivity contribution in [3.8, 4) is 0 Å². The highest BCUT2D eigenvalue weighted by molar-refractivity contribution is 5.84. The van der Waals surface area contributed by atoms with Gasteiger partial charge in [0.2, 0.25) is 0 Å². The summed E-state index contributed by atoms with van der Waals surface area (Å²) in [7, 11) is 1.69. The Morgan fingerprint density at radius 3 is 2.36 bits per heavy atom. The van der Waals surface area contributed by atoms with E-state index in [4.69, 9.17) is 4.74 Å². The number of epoxide rings is 1. The second-order valence-electron chi connectivity index (χ2n) is 5.53. The smallest absolute Gasteiger partial charge is 0.254 e. The van der Waals surface area contributed by atoms with Crippen LogP contribution in [0.4, 0.5) is 0 Å². The lowest BCUT2D eigenvalue weighted by molar-refractivity contribution is -0.132. The number of amides is 1. The number of hydrogen-bond donors (Lipinski definition) is 1. The summed E-state index contributed by atoms with van der Waals surface area (Å²) in [4.78, 5) is 13.9. The lowest BCUT2D eigenvalue weighted by Crippen LogP contribution is -2.34. The fourth-order valence-electron chi connectivity index (χ4n) is 2.54. The number of carbonyl (C=O) groups excluding carboxylic acids is 1. The largest absolute Gasteiger partial charge is 0.387 e. The number of hydrogen-bond acceptors (Lipinski definition) is 3. The first-order valence-electron chi connectivity index (χ1n) is 7.35. The normalized spacial score (nSPS) is 21.2. The van der Waals surface area contributed by atoms with Gasteiger partial charge in [0.25, 0.3) is 5.91 Å². The lowest BCUT2D eigenvalue weighted by Gasteiger charge is -2.20. The second-order valence-corrected chi connectivity index (χ2v) is 5.53. The molecule has 1 aliphatic heterocycles. The van der Waals surface area contributed by atoms with E-state index in [9.17, 15) is 9.90 Å². The molecule has 0 aromatic heterocycles. The summed E-state index contributed by atoms with van der Waals surface area (Å²) in [5.41, 5.74) is 1.82. The van der Waals surface area contributed by atoms with Crippen molar-refractivity contribution < 1.29 is 14.6 Å². The molecule has 0 spiro atoms. The Balaban J connectivity index is 1.57. The number of benzene rings is 2. The predicted octanol–water partition coefficient (Wildman–Crippen LogP) is 2.32. The summed E-state index contributed by atoms with van der Waals surface area (Å²) in [6.07, 6.45) is -1.29. The zero-order valence-corrected chi connectivity index (χ0v) is 12.4. The highest BCUT2D eigenvalue weighted by Crippen LogP contribution is 2.39. The van der Waals surface area contributed by atoms with Crippen molar-refractivity contribution in [2.75, 3.05) is 13.6 Å². The van der Waals surface area contributed by atoms with Gasteiger partial charge in [-0.2, -0.15) is 0 Å². The van der Waals surface area contributed by atoms with Crippen molar-refractivity contribution in [2.45, 2.75) is 18.3 Å². The first-order valence-corrected chi connectivity index (χ1v) is 7.35. The number of likely N-dealkylation sites (N-methyl/N-ethyl adjacent to an activating group) is 1. The molecule has 1 unspecified atom stereocenters. The molecule has 1 amide bonds. The molecular formula is C18H19NO3. The van der Waals surface area contributed by atoms with Crippen LogP contribution >= 0.6 is 0 Å². The standard InChI is InChI=1S/C18H19NO3/c1-19(12-15(20)13-8-4-2-5-9-13)18(21)17-16(22-17)14-10-6-3-7-11-14/h2-11,15-17,20H,12H2,1H3/t15?,16-,17+/m1/s1. The summed E-state index contributed by atoms with van der Waals surface area (Å²) in [6, 6.07) is 19.0. The third-order valence-corrected chi connectivity index (χ3v) is 3.87. The van der Waals surface area contributed by atoms with Gasteiger partial charge in [0.15, 0.2) is 6.10 Å². The fourth-order valence-corrected chi connectivity index (χ4v) is 2.54. The van der Waals surface area contributed by atoms with Crippen LogP contribution in [0.25, 0.3) is 0 Å². The molecule has 4 nitrogen and oxygen atoms in total. The van der Waals surface area contributed by atoms with Crippen molar-refractivity contribution >= 4 is 5.91 Å².